The van der Waals surface area contributed by atoms with Crippen molar-refractivity contribution in [3.05, 3.63) is 69.7 Å². The number of nitrogens with zero attached hydrogens (tertiary/aromatic N) is 3. The van der Waals surface area contributed by atoms with E-state index in [1.54, 1.807) is 42.2 Å². The number of nitrogens with one attached hydrogen (secondary N) is 1. The number of carbonyl (C=O) groups excluding carboxylic acids is 1. The van der Waals surface area contributed by atoms with E-state index < -0.39 is 10.0 Å². The molecule has 0 aliphatic carbocycles. The van der Waals surface area contributed by atoms with Gasteiger partial charge in [-0.2, -0.15) is 0 Å². The smallest absolute Gasteiger partial charge is 0.263 e. The number of benzene rings is 2. The Morgan fingerprint density at radius 1 is 1.19 bits per heavy atom. The molecule has 4 rings (SSSR count). The zero-order valence-electron chi connectivity index (χ0n) is 16.6. The average Bonchev–Trinajstić information content (AvgIpc) is 3.16. The molecule has 1 amide bonds. The van der Waals surface area contributed by atoms with Crippen LogP contribution < -0.4 is 9.62 Å². The maximum atomic E-state index is 12.8. The summed E-state index contributed by atoms with van der Waals surface area (Å²) in [5, 5.41) is 9.16. The van der Waals surface area contributed by atoms with E-state index in [0.717, 1.165) is 23.2 Å². The van der Waals surface area contributed by atoms with Crippen LogP contribution in [-0.4, -0.2) is 31.1 Å². The van der Waals surface area contributed by atoms with Crippen molar-refractivity contribution in [1.29, 1.82) is 0 Å². The summed E-state index contributed by atoms with van der Waals surface area (Å²) in [4.78, 5) is 14.6. The van der Waals surface area contributed by atoms with Crippen LogP contribution in [0.2, 0.25) is 5.02 Å². The van der Waals surface area contributed by atoms with Crippen LogP contribution in [0.4, 0.5) is 10.8 Å². The van der Waals surface area contributed by atoms with Crippen LogP contribution in [0.1, 0.15) is 22.6 Å². The fraction of sp³-hybridized carbons (Fsp3) is 0.190. The van der Waals surface area contributed by atoms with Crippen molar-refractivity contribution < 1.29 is 13.2 Å². The molecule has 31 heavy (non-hydrogen) atoms. The van der Waals surface area contributed by atoms with Crippen molar-refractivity contribution >= 4 is 55.8 Å². The van der Waals surface area contributed by atoms with E-state index >= 15 is 0 Å². The number of carbonyl (C=O) groups is 1. The van der Waals surface area contributed by atoms with Gasteiger partial charge in [-0.05, 0) is 67.3 Å². The molecule has 1 N–H and O–H groups in total. The summed E-state index contributed by atoms with van der Waals surface area (Å²) in [6.45, 7) is 2.33. The van der Waals surface area contributed by atoms with Gasteiger partial charge in [-0.25, -0.2) is 8.42 Å². The Bertz CT molecular complexity index is 1250. The van der Waals surface area contributed by atoms with Gasteiger partial charge in [0.1, 0.15) is 5.01 Å². The normalized spacial score (nSPS) is 13.9. The number of sulfonamides is 1. The van der Waals surface area contributed by atoms with Crippen molar-refractivity contribution in [3.63, 3.8) is 0 Å². The van der Waals surface area contributed by atoms with Crippen LogP contribution in [0.3, 0.4) is 0 Å². The first kappa shape index (κ1) is 21.5. The number of fused-ring (bicyclic) bond motifs is 1. The molecular formula is C21H19ClN4O3S2. The van der Waals surface area contributed by atoms with Crippen molar-refractivity contribution in [2.24, 2.45) is 0 Å². The second-order valence-electron chi connectivity index (χ2n) is 7.00. The quantitative estimate of drug-likeness (QED) is 0.557. The number of hydrogen-bond acceptors (Lipinski definition) is 6. The minimum Gasteiger partial charge on any atom is -0.309 e. The molecule has 3 aromatic rings. The van der Waals surface area contributed by atoms with Gasteiger partial charge in [0.15, 0.2) is 0 Å². The minimum absolute atomic E-state index is 0.130. The van der Waals surface area contributed by atoms with Crippen molar-refractivity contribution in [1.82, 2.24) is 10.2 Å². The Labute approximate surface area is 189 Å². The van der Waals surface area contributed by atoms with E-state index in [1.165, 1.54) is 23.5 Å². The Balaban J connectivity index is 1.55. The molecule has 1 aromatic heterocycles. The largest absolute Gasteiger partial charge is 0.309 e. The minimum atomic E-state index is -3.79. The fourth-order valence-corrected chi connectivity index (χ4v) is 5.31. The maximum Gasteiger partial charge on any atom is 0.263 e. The van der Waals surface area contributed by atoms with Gasteiger partial charge in [0.05, 0.1) is 4.90 Å². The van der Waals surface area contributed by atoms with Gasteiger partial charge in [-0.15, -0.1) is 10.2 Å². The van der Waals surface area contributed by atoms with Gasteiger partial charge in [0.25, 0.3) is 15.9 Å². The molecule has 0 fully saturated rings. The van der Waals surface area contributed by atoms with Gasteiger partial charge in [0.2, 0.25) is 5.13 Å². The van der Waals surface area contributed by atoms with Gasteiger partial charge in [-0.3, -0.25) is 9.52 Å². The highest BCUT2D eigenvalue weighted by Crippen LogP contribution is 2.30. The summed E-state index contributed by atoms with van der Waals surface area (Å²) in [5.41, 5.74) is 2.41. The zero-order chi connectivity index (χ0) is 22.0. The monoisotopic (exact) mass is 474 g/mol. The topological polar surface area (TPSA) is 92.3 Å². The van der Waals surface area contributed by atoms with Crippen molar-refractivity contribution in [2.45, 2.75) is 24.7 Å². The third kappa shape index (κ3) is 4.95. The molecule has 0 saturated heterocycles. The predicted octanol–water partition coefficient (Wildman–Crippen LogP) is 4.29. The van der Waals surface area contributed by atoms with Gasteiger partial charge in [-0.1, -0.05) is 35.1 Å². The standard InChI is InChI=1S/C21H19ClN4O3S2/c1-14-23-24-21(30-14)25-31(28,29)18-9-10-19-16(13-18)3-2-12-26(19)20(27)11-6-15-4-7-17(22)8-5-15/h4-11,13H,2-3,12H2,1H3,(H,24,25)/b11-6+. The van der Waals surface area contributed by atoms with E-state index in [2.05, 4.69) is 14.9 Å². The lowest BCUT2D eigenvalue weighted by Gasteiger charge is -2.29. The Morgan fingerprint density at radius 3 is 2.68 bits per heavy atom. The molecule has 7 nitrogen and oxygen atoms in total. The van der Waals surface area contributed by atoms with E-state index in [1.807, 2.05) is 12.1 Å². The summed E-state index contributed by atoms with van der Waals surface area (Å²) in [7, 11) is -3.79. The van der Waals surface area contributed by atoms with Gasteiger partial charge in [0, 0.05) is 23.3 Å². The van der Waals surface area contributed by atoms with E-state index in [-0.39, 0.29) is 15.9 Å². The SMILES string of the molecule is Cc1nnc(NS(=O)(=O)c2ccc3c(c2)CCCN3C(=O)/C=C/c2ccc(Cl)cc2)s1. The number of rotatable bonds is 5. The Kier molecular flexibility index (Phi) is 6.08. The average molecular weight is 475 g/mol. The summed E-state index contributed by atoms with van der Waals surface area (Å²) >= 11 is 7.06. The molecule has 0 spiro atoms. The van der Waals surface area contributed by atoms with E-state index in [9.17, 15) is 13.2 Å². The highest BCUT2D eigenvalue weighted by Gasteiger charge is 2.24. The lowest BCUT2D eigenvalue weighted by Crippen LogP contribution is -2.34. The molecule has 1 aliphatic rings. The molecule has 0 atom stereocenters. The number of hydrogen-bond donors (Lipinski definition) is 1. The first-order valence-corrected chi connectivity index (χ1v) is 12.2. The second-order valence-corrected chi connectivity index (χ2v) is 10.3. The van der Waals surface area contributed by atoms with Gasteiger partial charge >= 0.3 is 0 Å². The molecule has 0 unspecified atom stereocenters. The summed E-state index contributed by atoms with van der Waals surface area (Å²) in [6, 6.07) is 12.0. The second kappa shape index (κ2) is 8.78. The van der Waals surface area contributed by atoms with Crippen LogP contribution in [0.5, 0.6) is 0 Å². The van der Waals surface area contributed by atoms with Gasteiger partial charge < -0.3 is 4.90 Å². The van der Waals surface area contributed by atoms with E-state index in [4.69, 9.17) is 11.6 Å². The highest BCUT2D eigenvalue weighted by molar-refractivity contribution is 7.93. The third-order valence-electron chi connectivity index (χ3n) is 4.78. The molecule has 0 saturated carbocycles. The molecule has 2 heterocycles. The van der Waals surface area contributed by atoms with Crippen LogP contribution in [0.15, 0.2) is 53.4 Å². The first-order chi connectivity index (χ1) is 14.8. The molecular weight excluding hydrogens is 456 g/mol. The van der Waals surface area contributed by atoms with Crippen LogP contribution in [0.25, 0.3) is 6.08 Å². The Morgan fingerprint density at radius 2 is 1.97 bits per heavy atom. The van der Waals surface area contributed by atoms with E-state index in [0.29, 0.717) is 23.0 Å². The fourth-order valence-electron chi connectivity index (χ4n) is 3.31. The number of aryl methyl sites for hydroxylation is 2. The molecule has 0 radical (unpaired) electrons. The van der Waals surface area contributed by atoms with Crippen molar-refractivity contribution in [2.75, 3.05) is 16.2 Å². The summed E-state index contributed by atoms with van der Waals surface area (Å²) < 4.78 is 27.9. The molecule has 0 bridgehead atoms. The summed E-state index contributed by atoms with van der Waals surface area (Å²) in [6.07, 6.45) is 4.70. The third-order valence-corrected chi connectivity index (χ3v) is 7.25. The number of amides is 1. The lowest BCUT2D eigenvalue weighted by molar-refractivity contribution is -0.114. The maximum absolute atomic E-state index is 12.8. The number of halogens is 1. The Hall–Kier alpha value is -2.75. The molecule has 1 aliphatic heterocycles. The highest BCUT2D eigenvalue weighted by atomic mass is 35.5. The van der Waals surface area contributed by atoms with Crippen LogP contribution in [0, 0.1) is 6.92 Å². The van der Waals surface area contributed by atoms with Crippen LogP contribution >= 0.6 is 22.9 Å². The zero-order valence-corrected chi connectivity index (χ0v) is 19.0. The molecule has 10 heteroatoms. The van der Waals surface area contributed by atoms with Crippen LogP contribution in [-0.2, 0) is 21.2 Å². The lowest BCUT2D eigenvalue weighted by atomic mass is 10.0. The number of aromatic nitrogens is 2. The van der Waals surface area contributed by atoms with Crippen molar-refractivity contribution in [3.8, 4) is 0 Å². The summed E-state index contributed by atoms with van der Waals surface area (Å²) in [5.74, 6) is -0.158. The molecule has 2 aromatic carbocycles. The first-order valence-electron chi connectivity index (χ1n) is 9.53. The number of anilines is 2. The predicted molar refractivity (Wildman–Crippen MR) is 123 cm³/mol. The molecule has 160 valence electrons.